The number of aliphatic hydroxyl groups is 1. The SMILES string of the molecule is C[C@]1(O)CN(Cc2cnccn2)CC[C@@H]1Oc1ccccc1. The molecule has 2 heterocycles. The van der Waals surface area contributed by atoms with Crippen molar-refractivity contribution in [3.63, 3.8) is 0 Å². The third-order valence-electron chi connectivity index (χ3n) is 3.97. The van der Waals surface area contributed by atoms with Gasteiger partial charge in [-0.05, 0) is 25.5 Å². The fraction of sp³-hybridized carbons (Fsp3) is 0.412. The van der Waals surface area contributed by atoms with Crippen molar-refractivity contribution >= 4 is 0 Å². The maximum Gasteiger partial charge on any atom is 0.129 e. The van der Waals surface area contributed by atoms with Gasteiger partial charge in [0.2, 0.25) is 0 Å². The Balaban J connectivity index is 1.62. The standard InChI is InChI=1S/C17H21N3O2/c1-17(21)13-20(12-14-11-18-8-9-19-14)10-7-16(17)22-15-5-3-2-4-6-15/h2-6,8-9,11,16,21H,7,10,12-13H2,1H3/t16-,17-/m0/s1. The molecule has 3 rings (SSSR count). The number of likely N-dealkylation sites (tertiary alicyclic amines) is 1. The van der Waals surface area contributed by atoms with Crippen molar-refractivity contribution < 1.29 is 9.84 Å². The Kier molecular flexibility index (Phi) is 4.36. The van der Waals surface area contributed by atoms with Crippen LogP contribution < -0.4 is 4.74 Å². The summed E-state index contributed by atoms with van der Waals surface area (Å²) in [5, 5.41) is 10.7. The second kappa shape index (κ2) is 6.42. The highest BCUT2D eigenvalue weighted by Crippen LogP contribution is 2.26. The zero-order valence-corrected chi connectivity index (χ0v) is 12.7. The smallest absolute Gasteiger partial charge is 0.129 e. The molecule has 2 atom stereocenters. The molecule has 1 aromatic carbocycles. The maximum absolute atomic E-state index is 10.7. The summed E-state index contributed by atoms with van der Waals surface area (Å²) in [6.07, 6.45) is 5.70. The van der Waals surface area contributed by atoms with Crippen molar-refractivity contribution in [2.75, 3.05) is 13.1 Å². The predicted molar refractivity (Wildman–Crippen MR) is 83.4 cm³/mol. The number of benzene rings is 1. The monoisotopic (exact) mass is 299 g/mol. The molecule has 1 saturated heterocycles. The Morgan fingerprint density at radius 3 is 2.82 bits per heavy atom. The van der Waals surface area contributed by atoms with Gasteiger partial charge < -0.3 is 9.84 Å². The van der Waals surface area contributed by atoms with Gasteiger partial charge in [-0.3, -0.25) is 14.9 Å². The molecule has 5 heteroatoms. The molecule has 0 amide bonds. The van der Waals surface area contributed by atoms with Crippen molar-refractivity contribution in [1.29, 1.82) is 0 Å². The predicted octanol–water partition coefficient (Wildman–Crippen LogP) is 1.88. The Hall–Kier alpha value is -1.98. The number of ether oxygens (including phenoxy) is 1. The molecular formula is C17H21N3O2. The highest BCUT2D eigenvalue weighted by molar-refractivity contribution is 5.22. The number of nitrogens with zero attached hydrogens (tertiary/aromatic N) is 3. The van der Waals surface area contributed by atoms with E-state index in [9.17, 15) is 5.11 Å². The van der Waals surface area contributed by atoms with E-state index in [1.807, 2.05) is 37.3 Å². The van der Waals surface area contributed by atoms with Crippen molar-refractivity contribution in [2.24, 2.45) is 0 Å². The molecule has 1 aliphatic heterocycles. The number of aromatic nitrogens is 2. The molecule has 2 aromatic rings. The summed E-state index contributed by atoms with van der Waals surface area (Å²) >= 11 is 0. The highest BCUT2D eigenvalue weighted by Gasteiger charge is 2.39. The van der Waals surface area contributed by atoms with Crippen molar-refractivity contribution in [3.8, 4) is 5.75 Å². The molecule has 1 aliphatic rings. The molecule has 1 N–H and O–H groups in total. The van der Waals surface area contributed by atoms with Crippen LogP contribution in [0.3, 0.4) is 0 Å². The van der Waals surface area contributed by atoms with E-state index in [4.69, 9.17) is 4.74 Å². The normalized spacial score (nSPS) is 25.8. The number of hydrogen-bond acceptors (Lipinski definition) is 5. The second-order valence-electron chi connectivity index (χ2n) is 5.97. The van der Waals surface area contributed by atoms with Gasteiger partial charge in [-0.1, -0.05) is 18.2 Å². The van der Waals surface area contributed by atoms with Gasteiger partial charge in [-0.15, -0.1) is 0 Å². The molecule has 5 nitrogen and oxygen atoms in total. The lowest BCUT2D eigenvalue weighted by atomic mass is 9.91. The fourth-order valence-corrected chi connectivity index (χ4v) is 2.87. The van der Waals surface area contributed by atoms with Crippen LogP contribution in [0.5, 0.6) is 5.75 Å². The van der Waals surface area contributed by atoms with Gasteiger partial charge in [-0.2, -0.15) is 0 Å². The highest BCUT2D eigenvalue weighted by atomic mass is 16.5. The molecule has 0 aliphatic carbocycles. The van der Waals surface area contributed by atoms with Crippen LogP contribution in [0.2, 0.25) is 0 Å². The van der Waals surface area contributed by atoms with Crippen LogP contribution in [0.25, 0.3) is 0 Å². The molecule has 1 fully saturated rings. The average molecular weight is 299 g/mol. The first-order valence-electron chi connectivity index (χ1n) is 7.55. The number of para-hydroxylation sites is 1. The molecule has 22 heavy (non-hydrogen) atoms. The van der Waals surface area contributed by atoms with E-state index in [0.717, 1.165) is 24.4 Å². The first-order valence-corrected chi connectivity index (χ1v) is 7.55. The second-order valence-corrected chi connectivity index (χ2v) is 5.97. The summed E-state index contributed by atoms with van der Waals surface area (Å²) in [6.45, 7) is 3.96. The van der Waals surface area contributed by atoms with E-state index in [2.05, 4.69) is 14.9 Å². The lowest BCUT2D eigenvalue weighted by molar-refractivity contribution is -0.0995. The van der Waals surface area contributed by atoms with Gasteiger partial charge in [0.15, 0.2) is 0 Å². The topological polar surface area (TPSA) is 58.5 Å². The van der Waals surface area contributed by atoms with Crippen LogP contribution in [0.15, 0.2) is 48.9 Å². The Morgan fingerprint density at radius 2 is 2.14 bits per heavy atom. The molecule has 0 bridgehead atoms. The molecule has 0 spiro atoms. The number of β-amino-alcohol motifs (C(OH)–C–C–N with tert-alkyl or cyclic N) is 1. The van der Waals surface area contributed by atoms with Crippen LogP contribution in [0.4, 0.5) is 0 Å². The molecule has 1 aromatic heterocycles. The third kappa shape index (κ3) is 3.61. The summed E-state index contributed by atoms with van der Waals surface area (Å²) in [7, 11) is 0. The van der Waals surface area contributed by atoms with E-state index < -0.39 is 5.60 Å². The zero-order chi connectivity index (χ0) is 15.4. The van der Waals surface area contributed by atoms with Gasteiger partial charge in [-0.25, -0.2) is 0 Å². The van der Waals surface area contributed by atoms with E-state index in [1.54, 1.807) is 18.6 Å². The minimum absolute atomic E-state index is 0.201. The number of rotatable bonds is 4. The van der Waals surface area contributed by atoms with Gasteiger partial charge >= 0.3 is 0 Å². The summed E-state index contributed by atoms with van der Waals surface area (Å²) in [5.74, 6) is 0.801. The third-order valence-corrected chi connectivity index (χ3v) is 3.97. The molecule has 0 radical (unpaired) electrons. The Bertz CT molecular complexity index is 589. The lowest BCUT2D eigenvalue weighted by Crippen LogP contribution is -2.56. The van der Waals surface area contributed by atoms with Crippen LogP contribution >= 0.6 is 0 Å². The zero-order valence-electron chi connectivity index (χ0n) is 12.7. The minimum Gasteiger partial charge on any atom is -0.487 e. The summed E-state index contributed by atoms with van der Waals surface area (Å²) in [6, 6.07) is 9.67. The first kappa shape index (κ1) is 14.9. The molecule has 0 unspecified atom stereocenters. The van der Waals surface area contributed by atoms with E-state index >= 15 is 0 Å². The first-order chi connectivity index (χ1) is 10.6. The van der Waals surface area contributed by atoms with Crippen molar-refractivity contribution in [1.82, 2.24) is 14.9 Å². The Labute approximate surface area is 130 Å². The molecule has 116 valence electrons. The van der Waals surface area contributed by atoms with Crippen LogP contribution in [0.1, 0.15) is 19.0 Å². The van der Waals surface area contributed by atoms with Crippen molar-refractivity contribution in [3.05, 3.63) is 54.6 Å². The average Bonchev–Trinajstić information content (AvgIpc) is 2.52. The van der Waals surface area contributed by atoms with Gasteiger partial charge in [0.05, 0.1) is 5.69 Å². The van der Waals surface area contributed by atoms with Crippen LogP contribution in [-0.2, 0) is 6.54 Å². The maximum atomic E-state index is 10.7. The van der Waals surface area contributed by atoms with Gasteiger partial charge in [0.1, 0.15) is 17.5 Å². The largest absolute Gasteiger partial charge is 0.487 e. The lowest BCUT2D eigenvalue weighted by Gasteiger charge is -2.42. The summed E-state index contributed by atoms with van der Waals surface area (Å²) in [5.41, 5.74) is 0.0248. The van der Waals surface area contributed by atoms with Crippen LogP contribution in [-0.4, -0.2) is 44.8 Å². The van der Waals surface area contributed by atoms with Crippen molar-refractivity contribution in [2.45, 2.75) is 31.6 Å². The van der Waals surface area contributed by atoms with E-state index in [-0.39, 0.29) is 6.10 Å². The number of hydrogen-bond donors (Lipinski definition) is 1. The molecule has 0 saturated carbocycles. The van der Waals surface area contributed by atoms with E-state index in [0.29, 0.717) is 13.1 Å². The molecular weight excluding hydrogens is 278 g/mol. The van der Waals surface area contributed by atoms with Gasteiger partial charge in [0.25, 0.3) is 0 Å². The number of piperidine rings is 1. The summed E-state index contributed by atoms with van der Waals surface area (Å²) in [4.78, 5) is 10.6. The fourth-order valence-electron chi connectivity index (χ4n) is 2.87. The minimum atomic E-state index is -0.893. The summed E-state index contributed by atoms with van der Waals surface area (Å²) < 4.78 is 5.96. The quantitative estimate of drug-likeness (QED) is 0.934. The van der Waals surface area contributed by atoms with Crippen LogP contribution in [0, 0.1) is 0 Å². The van der Waals surface area contributed by atoms with E-state index in [1.165, 1.54) is 0 Å². The van der Waals surface area contributed by atoms with Gasteiger partial charge in [0, 0.05) is 38.2 Å². The Morgan fingerprint density at radius 1 is 1.32 bits per heavy atom.